The van der Waals surface area contributed by atoms with E-state index in [-0.39, 0.29) is 16.4 Å². The first-order chi connectivity index (χ1) is 15.3. The number of esters is 1. The molecule has 2 aliphatic heterocycles. The van der Waals surface area contributed by atoms with E-state index in [0.717, 1.165) is 19.3 Å². The molecule has 9 heteroatoms. The highest BCUT2D eigenvalue weighted by molar-refractivity contribution is 7.96. The molecular formula is C23H23ClN2O5S. The molecule has 2 aromatic carbocycles. The molecule has 168 valence electrons. The highest BCUT2D eigenvalue weighted by Gasteiger charge is 2.38. The third-order valence-corrected chi connectivity index (χ3v) is 7.51. The maximum absolute atomic E-state index is 13.4. The fourth-order valence-corrected chi connectivity index (χ4v) is 5.60. The van der Waals surface area contributed by atoms with Gasteiger partial charge in [-0.2, -0.15) is 0 Å². The van der Waals surface area contributed by atoms with Crippen molar-refractivity contribution in [2.24, 2.45) is 0 Å². The van der Waals surface area contributed by atoms with Crippen LogP contribution in [0, 0.1) is 0 Å². The van der Waals surface area contributed by atoms with Crippen molar-refractivity contribution in [1.82, 2.24) is 4.90 Å². The Hall–Kier alpha value is -2.84. The molecule has 0 unspecified atom stereocenters. The molecule has 1 fully saturated rings. The van der Waals surface area contributed by atoms with Crippen LogP contribution in [0.25, 0.3) is 0 Å². The summed E-state index contributed by atoms with van der Waals surface area (Å²) in [6.45, 7) is 3.00. The van der Waals surface area contributed by atoms with Gasteiger partial charge in [0.1, 0.15) is 0 Å². The van der Waals surface area contributed by atoms with E-state index in [9.17, 15) is 18.0 Å². The van der Waals surface area contributed by atoms with E-state index < -0.39 is 21.7 Å². The normalized spacial score (nSPS) is 17.4. The number of sulfone groups is 1. The summed E-state index contributed by atoms with van der Waals surface area (Å²) in [6.07, 6.45) is 4.03. The van der Waals surface area contributed by atoms with Gasteiger partial charge in [0.2, 0.25) is 9.84 Å². The lowest BCUT2D eigenvalue weighted by molar-refractivity contribution is -0.127. The molecule has 2 heterocycles. The molecule has 2 aromatic rings. The number of ether oxygens (including phenoxy) is 1. The molecular weight excluding hydrogens is 452 g/mol. The SMILES string of the molecule is CCOC(=O)c1cccc(N2C=C(C(=O)N3CCCCC3)S(=O)(=O)c3ccc(Cl)cc32)c1. The topological polar surface area (TPSA) is 84.0 Å². The Bertz CT molecular complexity index is 1200. The number of nitrogens with zero attached hydrogens (tertiary/aromatic N) is 2. The minimum absolute atomic E-state index is 0.00806. The largest absolute Gasteiger partial charge is 0.462 e. The third-order valence-electron chi connectivity index (χ3n) is 5.50. The molecule has 32 heavy (non-hydrogen) atoms. The third kappa shape index (κ3) is 4.12. The molecule has 0 radical (unpaired) electrons. The molecule has 0 saturated carbocycles. The van der Waals surface area contributed by atoms with Gasteiger partial charge in [-0.1, -0.05) is 17.7 Å². The number of rotatable bonds is 4. The smallest absolute Gasteiger partial charge is 0.338 e. The van der Waals surface area contributed by atoms with Gasteiger partial charge in [-0.25, -0.2) is 13.2 Å². The van der Waals surface area contributed by atoms with Gasteiger partial charge in [0.25, 0.3) is 5.91 Å². The molecule has 0 bridgehead atoms. The zero-order chi connectivity index (χ0) is 22.9. The number of hydrogen-bond donors (Lipinski definition) is 0. The van der Waals surface area contributed by atoms with Gasteiger partial charge >= 0.3 is 5.97 Å². The van der Waals surface area contributed by atoms with Crippen LogP contribution in [0.4, 0.5) is 11.4 Å². The number of amides is 1. The van der Waals surface area contributed by atoms with E-state index in [1.54, 1.807) is 41.0 Å². The van der Waals surface area contributed by atoms with Crippen LogP contribution in [0.15, 0.2) is 58.5 Å². The standard InChI is InChI=1S/C23H23ClN2O5S/c1-2-31-23(28)16-7-6-8-18(13-16)26-15-21(22(27)25-11-4-3-5-12-25)32(29,30)20-10-9-17(24)14-19(20)26/h6-10,13-15H,2-5,11-12H2,1H3. The van der Waals surface area contributed by atoms with E-state index in [4.69, 9.17) is 16.3 Å². The van der Waals surface area contributed by atoms with E-state index in [0.29, 0.717) is 35.1 Å². The minimum Gasteiger partial charge on any atom is -0.462 e. The van der Waals surface area contributed by atoms with Crippen molar-refractivity contribution in [2.75, 3.05) is 24.6 Å². The highest BCUT2D eigenvalue weighted by Crippen LogP contribution is 2.41. The fourth-order valence-electron chi connectivity index (χ4n) is 3.91. The monoisotopic (exact) mass is 474 g/mol. The van der Waals surface area contributed by atoms with Crippen LogP contribution in [0.3, 0.4) is 0 Å². The average molecular weight is 475 g/mol. The summed E-state index contributed by atoms with van der Waals surface area (Å²) in [5.41, 5.74) is 1.14. The van der Waals surface area contributed by atoms with Crippen LogP contribution in [-0.2, 0) is 19.4 Å². The van der Waals surface area contributed by atoms with Crippen molar-refractivity contribution in [3.05, 3.63) is 64.2 Å². The van der Waals surface area contributed by atoms with Crippen LogP contribution >= 0.6 is 11.6 Å². The number of fused-ring (bicyclic) bond motifs is 1. The lowest BCUT2D eigenvalue weighted by atomic mass is 10.1. The summed E-state index contributed by atoms with van der Waals surface area (Å²) in [6, 6.07) is 11.0. The van der Waals surface area contributed by atoms with Gasteiger partial charge in [-0.3, -0.25) is 4.79 Å². The number of benzene rings is 2. The predicted molar refractivity (Wildman–Crippen MR) is 122 cm³/mol. The molecule has 7 nitrogen and oxygen atoms in total. The van der Waals surface area contributed by atoms with Crippen molar-refractivity contribution in [3.63, 3.8) is 0 Å². The molecule has 2 aliphatic rings. The van der Waals surface area contributed by atoms with Gasteiger partial charge in [-0.05, 0) is 62.6 Å². The summed E-state index contributed by atoms with van der Waals surface area (Å²) in [4.78, 5) is 28.3. The first-order valence-corrected chi connectivity index (χ1v) is 12.3. The summed E-state index contributed by atoms with van der Waals surface area (Å²) < 4.78 is 31.8. The number of likely N-dealkylation sites (tertiary alicyclic amines) is 1. The molecule has 0 spiro atoms. The van der Waals surface area contributed by atoms with Crippen LogP contribution in [0.1, 0.15) is 36.5 Å². The van der Waals surface area contributed by atoms with Gasteiger partial charge in [-0.15, -0.1) is 0 Å². The Morgan fingerprint density at radius 2 is 1.81 bits per heavy atom. The Labute approximate surface area is 192 Å². The number of anilines is 2. The summed E-state index contributed by atoms with van der Waals surface area (Å²) in [7, 11) is -4.05. The second-order valence-corrected chi connectivity index (χ2v) is 9.93. The maximum atomic E-state index is 13.4. The van der Waals surface area contributed by atoms with E-state index in [2.05, 4.69) is 0 Å². The predicted octanol–water partition coefficient (Wildman–Crippen LogP) is 4.30. The molecule has 0 aromatic heterocycles. The van der Waals surface area contributed by atoms with Crippen molar-refractivity contribution in [2.45, 2.75) is 31.1 Å². The summed E-state index contributed by atoms with van der Waals surface area (Å²) in [5, 5.41) is 0.352. The quantitative estimate of drug-likeness (QED) is 0.614. The first kappa shape index (κ1) is 22.4. The summed E-state index contributed by atoms with van der Waals surface area (Å²) in [5.74, 6) is -1.00. The Morgan fingerprint density at radius 3 is 2.53 bits per heavy atom. The van der Waals surface area contributed by atoms with Crippen molar-refractivity contribution >= 4 is 44.7 Å². The van der Waals surface area contributed by atoms with E-state index in [1.165, 1.54) is 24.4 Å². The Balaban J connectivity index is 1.85. The molecule has 0 N–H and O–H groups in total. The molecule has 0 atom stereocenters. The minimum atomic E-state index is -4.05. The van der Waals surface area contributed by atoms with Crippen LogP contribution in [0.2, 0.25) is 5.02 Å². The Kier molecular flexibility index (Phi) is 6.26. The van der Waals surface area contributed by atoms with Gasteiger partial charge < -0.3 is 14.5 Å². The molecule has 4 rings (SSSR count). The lowest BCUT2D eigenvalue weighted by Crippen LogP contribution is -2.39. The second kappa shape index (κ2) is 8.96. The maximum Gasteiger partial charge on any atom is 0.338 e. The van der Waals surface area contributed by atoms with Crippen LogP contribution in [0.5, 0.6) is 0 Å². The van der Waals surface area contributed by atoms with E-state index >= 15 is 0 Å². The van der Waals surface area contributed by atoms with E-state index in [1.807, 2.05) is 0 Å². The Morgan fingerprint density at radius 1 is 1.06 bits per heavy atom. The number of halogens is 1. The van der Waals surface area contributed by atoms with Crippen LogP contribution < -0.4 is 4.90 Å². The van der Waals surface area contributed by atoms with Crippen molar-refractivity contribution in [3.8, 4) is 0 Å². The molecule has 0 aliphatic carbocycles. The van der Waals surface area contributed by atoms with Gasteiger partial charge in [0, 0.05) is 30.0 Å². The van der Waals surface area contributed by atoms with Crippen LogP contribution in [-0.4, -0.2) is 44.9 Å². The van der Waals surface area contributed by atoms with Gasteiger partial charge in [0.15, 0.2) is 4.91 Å². The first-order valence-electron chi connectivity index (χ1n) is 10.4. The lowest BCUT2D eigenvalue weighted by Gasteiger charge is -2.32. The second-order valence-electron chi connectivity index (χ2n) is 7.60. The number of carbonyl (C=O) groups is 2. The molecule has 1 amide bonds. The zero-order valence-electron chi connectivity index (χ0n) is 17.6. The fraction of sp³-hybridized carbons (Fsp3) is 0.304. The van der Waals surface area contributed by atoms with Crippen molar-refractivity contribution < 1.29 is 22.7 Å². The number of piperidine rings is 1. The summed E-state index contributed by atoms with van der Waals surface area (Å²) >= 11 is 6.17. The van der Waals surface area contributed by atoms with Crippen molar-refractivity contribution in [1.29, 1.82) is 0 Å². The zero-order valence-corrected chi connectivity index (χ0v) is 19.2. The average Bonchev–Trinajstić information content (AvgIpc) is 2.79. The molecule has 1 saturated heterocycles. The number of carbonyl (C=O) groups excluding carboxylic acids is 2. The number of hydrogen-bond acceptors (Lipinski definition) is 6. The van der Waals surface area contributed by atoms with Gasteiger partial charge in [0.05, 0.1) is 22.8 Å². The highest BCUT2D eigenvalue weighted by atomic mass is 35.5.